The van der Waals surface area contributed by atoms with Gasteiger partial charge in [-0.1, -0.05) is 0 Å². The molecular weight excluding hydrogens is 270 g/mol. The average Bonchev–Trinajstić information content (AvgIpc) is 2.26. The predicted octanol–water partition coefficient (Wildman–Crippen LogP) is 0.433. The summed E-state index contributed by atoms with van der Waals surface area (Å²) in [7, 11) is -2.81. The van der Waals surface area contributed by atoms with Crippen molar-refractivity contribution in [1.29, 1.82) is 0 Å². The molecule has 1 unspecified atom stereocenters. The Morgan fingerprint density at radius 1 is 1.59 bits per heavy atom. The Hall–Kier alpha value is -1.41. The fourth-order valence-electron chi connectivity index (χ4n) is 0.919. The average molecular weight is 280 g/mol. The molecule has 0 aliphatic carbocycles. The molecule has 0 saturated carbocycles. The lowest BCUT2D eigenvalue weighted by Crippen LogP contribution is -2.33. The van der Waals surface area contributed by atoms with Crippen LogP contribution in [0.5, 0.6) is 0 Å². The summed E-state index contributed by atoms with van der Waals surface area (Å²) in [5.74, 6) is -0.876. The topological polar surface area (TPSA) is 98.2 Å². The maximum atomic E-state index is 11.7. The van der Waals surface area contributed by atoms with Gasteiger partial charge in [-0.25, -0.2) is 13.4 Å². The van der Waals surface area contributed by atoms with Crippen LogP contribution in [0.3, 0.4) is 0 Å². The van der Waals surface area contributed by atoms with Crippen LogP contribution in [0.2, 0.25) is 5.28 Å². The summed E-state index contributed by atoms with van der Waals surface area (Å²) in [4.78, 5) is 18.3. The van der Waals surface area contributed by atoms with Crippen LogP contribution in [0.1, 0.15) is 6.92 Å². The maximum absolute atomic E-state index is 11.7. The Balaban J connectivity index is 2.90. The zero-order valence-corrected chi connectivity index (χ0v) is 10.6. The van der Waals surface area contributed by atoms with Gasteiger partial charge in [-0.2, -0.15) is 4.98 Å². The highest BCUT2D eigenvalue weighted by Crippen LogP contribution is 2.11. The Labute approximate surface area is 103 Å². The third-order valence-electron chi connectivity index (χ3n) is 1.87. The molecular formula is C8H10ClN3O4S. The molecule has 0 bridgehead atoms. The van der Waals surface area contributed by atoms with Crippen LogP contribution in [-0.2, 0) is 19.6 Å². The number of nitrogens with one attached hydrogen (secondary N) is 1. The van der Waals surface area contributed by atoms with Crippen molar-refractivity contribution in [2.45, 2.75) is 12.2 Å². The van der Waals surface area contributed by atoms with E-state index in [2.05, 4.69) is 19.4 Å². The Morgan fingerprint density at radius 3 is 2.76 bits per heavy atom. The number of carbonyl (C=O) groups is 1. The molecule has 0 amide bonds. The maximum Gasteiger partial charge on any atom is 0.325 e. The second-order valence-corrected chi connectivity index (χ2v) is 5.36. The first-order chi connectivity index (χ1) is 7.86. The van der Waals surface area contributed by atoms with Gasteiger partial charge in [0.2, 0.25) is 15.3 Å². The van der Waals surface area contributed by atoms with Gasteiger partial charge in [-0.3, -0.25) is 9.52 Å². The number of carbonyl (C=O) groups excluding carboxylic acids is 1. The largest absolute Gasteiger partial charge is 0.468 e. The molecule has 0 spiro atoms. The molecule has 9 heteroatoms. The molecule has 0 aliphatic heterocycles. The highest BCUT2D eigenvalue weighted by Gasteiger charge is 2.29. The van der Waals surface area contributed by atoms with Gasteiger partial charge in [-0.15, -0.1) is 0 Å². The van der Waals surface area contributed by atoms with E-state index in [1.54, 1.807) is 0 Å². The fraction of sp³-hybridized carbons (Fsp3) is 0.375. The van der Waals surface area contributed by atoms with Crippen LogP contribution < -0.4 is 4.72 Å². The van der Waals surface area contributed by atoms with Gasteiger partial charge in [0.1, 0.15) is 5.82 Å². The number of nitrogens with zero attached hydrogens (tertiary/aromatic N) is 2. The van der Waals surface area contributed by atoms with Crippen LogP contribution in [0.15, 0.2) is 12.3 Å². The van der Waals surface area contributed by atoms with Crippen molar-refractivity contribution >= 4 is 33.4 Å². The SMILES string of the molecule is COC(=O)C(C)S(=O)(=O)Nc1ccnc(Cl)n1. The van der Waals surface area contributed by atoms with Crippen LogP contribution in [0, 0.1) is 0 Å². The third kappa shape index (κ3) is 3.53. The highest BCUT2D eigenvalue weighted by atomic mass is 35.5. The summed E-state index contributed by atoms with van der Waals surface area (Å²) in [5, 5.41) is -1.45. The number of hydrogen-bond acceptors (Lipinski definition) is 6. The van der Waals surface area contributed by atoms with E-state index >= 15 is 0 Å². The lowest BCUT2D eigenvalue weighted by atomic mass is 10.5. The summed E-state index contributed by atoms with van der Waals surface area (Å²) >= 11 is 5.49. The van der Waals surface area contributed by atoms with E-state index in [1.807, 2.05) is 0 Å². The number of rotatable bonds is 4. The van der Waals surface area contributed by atoms with Crippen molar-refractivity contribution in [2.24, 2.45) is 0 Å². The van der Waals surface area contributed by atoms with Gasteiger partial charge in [0.05, 0.1) is 7.11 Å². The quantitative estimate of drug-likeness (QED) is 0.634. The Morgan fingerprint density at radius 2 is 2.24 bits per heavy atom. The number of halogens is 1. The smallest absolute Gasteiger partial charge is 0.325 e. The van der Waals surface area contributed by atoms with Crippen LogP contribution in [0.25, 0.3) is 0 Å². The van der Waals surface area contributed by atoms with E-state index in [9.17, 15) is 13.2 Å². The normalized spacial score (nSPS) is 12.9. The fourth-order valence-corrected chi connectivity index (χ4v) is 2.00. The molecule has 0 aliphatic rings. The summed E-state index contributed by atoms with van der Waals surface area (Å²) in [6.07, 6.45) is 1.29. The van der Waals surface area contributed by atoms with Crippen LogP contribution >= 0.6 is 11.6 Å². The van der Waals surface area contributed by atoms with Crippen molar-refractivity contribution in [2.75, 3.05) is 11.8 Å². The van der Waals surface area contributed by atoms with E-state index in [-0.39, 0.29) is 11.1 Å². The van der Waals surface area contributed by atoms with Crippen molar-refractivity contribution in [1.82, 2.24) is 9.97 Å². The molecule has 1 atom stereocenters. The zero-order valence-electron chi connectivity index (χ0n) is 9.05. The zero-order chi connectivity index (χ0) is 13.1. The van der Waals surface area contributed by atoms with E-state index in [0.717, 1.165) is 7.11 Å². The summed E-state index contributed by atoms with van der Waals surface area (Å²) in [5.41, 5.74) is 0. The van der Waals surface area contributed by atoms with E-state index in [1.165, 1.54) is 19.2 Å². The first-order valence-electron chi connectivity index (χ1n) is 4.45. The second kappa shape index (κ2) is 5.28. The van der Waals surface area contributed by atoms with Crippen molar-refractivity contribution in [3.05, 3.63) is 17.5 Å². The summed E-state index contributed by atoms with van der Waals surface area (Å²) < 4.78 is 29.8. The minimum absolute atomic E-state index is 0.0132. The molecule has 7 nitrogen and oxygen atoms in total. The van der Waals surface area contributed by atoms with Gasteiger partial charge in [-0.05, 0) is 24.6 Å². The van der Waals surface area contributed by atoms with Gasteiger partial charge >= 0.3 is 5.97 Å². The van der Waals surface area contributed by atoms with Crippen molar-refractivity contribution in [3.63, 3.8) is 0 Å². The molecule has 1 aromatic heterocycles. The van der Waals surface area contributed by atoms with Gasteiger partial charge in [0.15, 0.2) is 5.25 Å². The van der Waals surface area contributed by atoms with Crippen LogP contribution in [-0.4, -0.2) is 36.7 Å². The minimum atomic E-state index is -3.91. The minimum Gasteiger partial charge on any atom is -0.468 e. The molecule has 1 aromatic rings. The highest BCUT2D eigenvalue weighted by molar-refractivity contribution is 7.94. The molecule has 0 radical (unpaired) electrons. The number of aromatic nitrogens is 2. The molecule has 94 valence electrons. The first kappa shape index (κ1) is 13.7. The van der Waals surface area contributed by atoms with E-state index in [4.69, 9.17) is 11.6 Å². The third-order valence-corrected chi connectivity index (χ3v) is 3.67. The Kier molecular flexibility index (Phi) is 4.24. The monoisotopic (exact) mass is 279 g/mol. The lowest BCUT2D eigenvalue weighted by molar-refractivity contribution is -0.139. The molecule has 1 N–H and O–H groups in total. The predicted molar refractivity (Wildman–Crippen MR) is 61.1 cm³/mol. The van der Waals surface area contributed by atoms with Crippen LogP contribution in [0.4, 0.5) is 5.82 Å². The molecule has 17 heavy (non-hydrogen) atoms. The lowest BCUT2D eigenvalue weighted by Gasteiger charge is -2.11. The molecule has 0 fully saturated rings. The number of esters is 1. The molecule has 0 aromatic carbocycles. The van der Waals surface area contributed by atoms with Gasteiger partial charge in [0.25, 0.3) is 0 Å². The van der Waals surface area contributed by atoms with Gasteiger partial charge < -0.3 is 4.74 Å². The van der Waals surface area contributed by atoms with Crippen molar-refractivity contribution < 1.29 is 17.9 Å². The number of sulfonamides is 1. The molecule has 1 rings (SSSR count). The Bertz CT molecular complexity index is 519. The first-order valence-corrected chi connectivity index (χ1v) is 6.37. The standard InChI is InChI=1S/C8H10ClN3O4S/c1-5(7(13)16-2)17(14,15)12-6-3-4-10-8(9)11-6/h3-5H,1-2H3,(H,10,11,12). The molecule has 1 heterocycles. The number of ether oxygens (including phenoxy) is 1. The number of hydrogen-bond donors (Lipinski definition) is 1. The van der Waals surface area contributed by atoms with E-state index < -0.39 is 21.2 Å². The van der Waals surface area contributed by atoms with E-state index in [0.29, 0.717) is 0 Å². The molecule has 0 saturated heterocycles. The van der Waals surface area contributed by atoms with Gasteiger partial charge in [0, 0.05) is 6.20 Å². The summed E-state index contributed by atoms with van der Waals surface area (Å²) in [6, 6.07) is 1.31. The second-order valence-electron chi connectivity index (χ2n) is 3.02. The summed E-state index contributed by atoms with van der Waals surface area (Å²) in [6.45, 7) is 1.21. The van der Waals surface area contributed by atoms with Crippen molar-refractivity contribution in [3.8, 4) is 0 Å². The number of methoxy groups -OCH3 is 1. The number of anilines is 1.